The van der Waals surface area contributed by atoms with E-state index in [1.165, 1.54) is 0 Å². The second-order valence-electron chi connectivity index (χ2n) is 5.05. The van der Waals surface area contributed by atoms with Crippen LogP contribution in [-0.4, -0.2) is 0 Å². The lowest BCUT2D eigenvalue weighted by Crippen LogP contribution is -2.42. The van der Waals surface area contributed by atoms with E-state index in [-0.39, 0.29) is 0 Å². The molecule has 11 heavy (non-hydrogen) atoms. The molecule has 0 atom stereocenters. The summed E-state index contributed by atoms with van der Waals surface area (Å²) in [4.78, 5) is 0. The van der Waals surface area contributed by atoms with Crippen molar-refractivity contribution in [3.05, 3.63) is 5.92 Å². The van der Waals surface area contributed by atoms with E-state index >= 15 is 0 Å². The van der Waals surface area contributed by atoms with Gasteiger partial charge in [-0.15, -0.1) is 0 Å². The molecule has 1 radical (unpaired) electrons. The van der Waals surface area contributed by atoms with Gasteiger partial charge in [-0.2, -0.15) is 0 Å². The summed E-state index contributed by atoms with van der Waals surface area (Å²) in [5.74, 6) is 6.28. The molecule has 0 aromatic carbocycles. The topological polar surface area (TPSA) is 0 Å². The minimum Gasteiger partial charge on any atom is -0.0586 e. The standard InChI is InChI=1S/C11H17/c1-7-10-3-8-2-9(5-10)6-11(7)4-8/h8-11H,2-6H2,1H3. The molecule has 61 valence electrons. The van der Waals surface area contributed by atoms with Crippen molar-refractivity contribution in [3.8, 4) is 0 Å². The maximum Gasteiger partial charge on any atom is -0.0210 e. The Hall–Kier alpha value is 0. The van der Waals surface area contributed by atoms with E-state index in [1.54, 1.807) is 32.1 Å². The Balaban J connectivity index is 1.91. The van der Waals surface area contributed by atoms with Crippen LogP contribution in [0.3, 0.4) is 0 Å². The fourth-order valence-corrected chi connectivity index (χ4v) is 3.93. The molecular weight excluding hydrogens is 132 g/mol. The van der Waals surface area contributed by atoms with Gasteiger partial charge in [0.15, 0.2) is 0 Å². The summed E-state index contributed by atoms with van der Waals surface area (Å²) in [6.45, 7) is 2.42. The van der Waals surface area contributed by atoms with Crippen molar-refractivity contribution < 1.29 is 0 Å². The third-order valence-corrected chi connectivity index (χ3v) is 4.43. The van der Waals surface area contributed by atoms with Gasteiger partial charge in [-0.25, -0.2) is 0 Å². The zero-order chi connectivity index (χ0) is 7.42. The average Bonchev–Trinajstić information content (AvgIpc) is 1.98. The third kappa shape index (κ3) is 0.816. The van der Waals surface area contributed by atoms with E-state index in [0.29, 0.717) is 0 Å². The summed E-state index contributed by atoms with van der Waals surface area (Å²) >= 11 is 0. The first kappa shape index (κ1) is 6.51. The van der Waals surface area contributed by atoms with Crippen LogP contribution in [-0.2, 0) is 0 Å². The van der Waals surface area contributed by atoms with Crippen LogP contribution in [0, 0.1) is 29.6 Å². The lowest BCUT2D eigenvalue weighted by molar-refractivity contribution is 0.0435. The summed E-state index contributed by atoms with van der Waals surface area (Å²) in [7, 11) is 0. The molecule has 0 amide bonds. The van der Waals surface area contributed by atoms with E-state index < -0.39 is 0 Å². The van der Waals surface area contributed by atoms with Crippen molar-refractivity contribution in [1.29, 1.82) is 0 Å². The fraction of sp³-hybridized carbons (Fsp3) is 0.909. The highest BCUT2D eigenvalue weighted by molar-refractivity contribution is 5.10. The Morgan fingerprint density at radius 3 is 1.73 bits per heavy atom. The van der Waals surface area contributed by atoms with Gasteiger partial charge in [-0.1, -0.05) is 6.92 Å². The largest absolute Gasteiger partial charge is 0.0586 e. The lowest BCUT2D eigenvalue weighted by Gasteiger charge is -2.53. The van der Waals surface area contributed by atoms with Crippen molar-refractivity contribution >= 4 is 0 Å². The highest BCUT2D eigenvalue weighted by Gasteiger charge is 2.46. The maximum atomic E-state index is 2.42. The third-order valence-electron chi connectivity index (χ3n) is 4.43. The second kappa shape index (κ2) is 2.02. The fourth-order valence-electron chi connectivity index (χ4n) is 3.93. The zero-order valence-corrected chi connectivity index (χ0v) is 7.34. The SMILES string of the molecule is C[C]1C2CC3CC(C2)CC1C3. The number of hydrogen-bond donors (Lipinski definition) is 0. The highest BCUT2D eigenvalue weighted by atomic mass is 14.5. The Morgan fingerprint density at radius 2 is 1.27 bits per heavy atom. The number of rotatable bonds is 0. The summed E-state index contributed by atoms with van der Waals surface area (Å²) < 4.78 is 0. The van der Waals surface area contributed by atoms with Gasteiger partial charge in [0.1, 0.15) is 0 Å². The summed E-state index contributed by atoms with van der Waals surface area (Å²) in [6.07, 6.45) is 7.80. The first-order chi connectivity index (χ1) is 5.33. The molecule has 4 aliphatic rings. The molecule has 4 bridgehead atoms. The molecule has 0 unspecified atom stereocenters. The van der Waals surface area contributed by atoms with Gasteiger partial charge < -0.3 is 0 Å². The van der Waals surface area contributed by atoms with E-state index in [4.69, 9.17) is 0 Å². The summed E-state index contributed by atoms with van der Waals surface area (Å²) in [5, 5.41) is 0. The molecular formula is C11H17. The van der Waals surface area contributed by atoms with Crippen molar-refractivity contribution in [2.45, 2.75) is 39.0 Å². The predicted octanol–water partition coefficient (Wildman–Crippen LogP) is 3.04. The second-order valence-corrected chi connectivity index (χ2v) is 5.05. The van der Waals surface area contributed by atoms with Crippen LogP contribution in [0.2, 0.25) is 0 Å². The van der Waals surface area contributed by atoms with Crippen molar-refractivity contribution in [1.82, 2.24) is 0 Å². The van der Waals surface area contributed by atoms with Gasteiger partial charge in [0.2, 0.25) is 0 Å². The highest BCUT2D eigenvalue weighted by Crippen LogP contribution is 2.57. The van der Waals surface area contributed by atoms with Crippen LogP contribution in [0.4, 0.5) is 0 Å². The molecule has 0 spiro atoms. The maximum absolute atomic E-state index is 2.42. The van der Waals surface area contributed by atoms with Gasteiger partial charge in [0.05, 0.1) is 0 Å². The molecule has 0 saturated heterocycles. The first-order valence-corrected chi connectivity index (χ1v) is 5.16. The van der Waals surface area contributed by atoms with Gasteiger partial charge in [0, 0.05) is 0 Å². The molecule has 0 heteroatoms. The monoisotopic (exact) mass is 149 g/mol. The summed E-state index contributed by atoms with van der Waals surface area (Å²) in [5.41, 5.74) is 0. The van der Waals surface area contributed by atoms with Gasteiger partial charge >= 0.3 is 0 Å². The smallest absolute Gasteiger partial charge is 0.0210 e. The Bertz CT molecular complexity index is 143. The van der Waals surface area contributed by atoms with E-state index in [9.17, 15) is 0 Å². The molecule has 0 N–H and O–H groups in total. The predicted molar refractivity (Wildman–Crippen MR) is 46.0 cm³/mol. The van der Waals surface area contributed by atoms with Crippen molar-refractivity contribution in [2.24, 2.45) is 23.7 Å². The first-order valence-electron chi connectivity index (χ1n) is 5.16. The molecule has 4 fully saturated rings. The molecule has 0 aliphatic heterocycles. The van der Waals surface area contributed by atoms with Crippen LogP contribution in [0.1, 0.15) is 39.0 Å². The molecule has 0 aromatic heterocycles. The minimum absolute atomic E-state index is 1.06. The van der Waals surface area contributed by atoms with Gasteiger partial charge in [0.25, 0.3) is 0 Å². The van der Waals surface area contributed by atoms with Crippen molar-refractivity contribution in [3.63, 3.8) is 0 Å². The number of hydrogen-bond acceptors (Lipinski definition) is 0. The average molecular weight is 149 g/mol. The van der Waals surface area contributed by atoms with Crippen LogP contribution in [0.25, 0.3) is 0 Å². The Kier molecular flexibility index (Phi) is 1.20. The van der Waals surface area contributed by atoms with E-state index in [0.717, 1.165) is 23.7 Å². The van der Waals surface area contributed by atoms with Crippen LogP contribution in [0.5, 0.6) is 0 Å². The van der Waals surface area contributed by atoms with Crippen LogP contribution < -0.4 is 0 Å². The Morgan fingerprint density at radius 1 is 0.818 bits per heavy atom. The van der Waals surface area contributed by atoms with E-state index in [2.05, 4.69) is 6.92 Å². The minimum atomic E-state index is 1.06. The lowest BCUT2D eigenvalue weighted by atomic mass is 9.52. The molecule has 0 heterocycles. The van der Waals surface area contributed by atoms with Crippen LogP contribution in [0.15, 0.2) is 0 Å². The molecule has 0 nitrogen and oxygen atoms in total. The molecule has 4 saturated carbocycles. The van der Waals surface area contributed by atoms with E-state index in [1.807, 2.05) is 5.92 Å². The van der Waals surface area contributed by atoms with Gasteiger partial charge in [-0.3, -0.25) is 0 Å². The summed E-state index contributed by atoms with van der Waals surface area (Å²) in [6, 6.07) is 0. The van der Waals surface area contributed by atoms with Crippen molar-refractivity contribution in [2.75, 3.05) is 0 Å². The Labute approximate surface area is 69.4 Å². The quantitative estimate of drug-likeness (QED) is 0.496. The molecule has 4 aliphatic carbocycles. The van der Waals surface area contributed by atoms with Crippen LogP contribution >= 0.6 is 0 Å². The molecule has 0 aromatic rings. The van der Waals surface area contributed by atoms with Gasteiger partial charge in [-0.05, 0) is 61.7 Å². The normalized spacial score (nSPS) is 55.4. The molecule has 4 rings (SSSR count). The zero-order valence-electron chi connectivity index (χ0n) is 7.34.